The lowest BCUT2D eigenvalue weighted by atomic mass is 10.1. The van der Waals surface area contributed by atoms with Gasteiger partial charge in [0.15, 0.2) is 0 Å². The second kappa shape index (κ2) is 7.76. The number of aromatic nitrogens is 1. The van der Waals surface area contributed by atoms with Gasteiger partial charge in [0.2, 0.25) is 5.78 Å². The highest BCUT2D eigenvalue weighted by Gasteiger charge is 2.25. The molecule has 1 unspecified atom stereocenters. The van der Waals surface area contributed by atoms with Gasteiger partial charge in [0.05, 0.1) is 19.3 Å². The molecule has 0 aliphatic rings. The number of esters is 1. The highest BCUT2D eigenvalue weighted by Crippen LogP contribution is 2.19. The zero-order valence-electron chi connectivity index (χ0n) is 14.3. The summed E-state index contributed by atoms with van der Waals surface area (Å²) in [5.74, 6) is -1.93. The van der Waals surface area contributed by atoms with E-state index in [4.69, 9.17) is 0 Å². The van der Waals surface area contributed by atoms with Crippen molar-refractivity contribution in [2.24, 2.45) is 7.05 Å². The number of methoxy groups -OCH3 is 1. The summed E-state index contributed by atoms with van der Waals surface area (Å²) in [5, 5.41) is 12.0. The Morgan fingerprint density at radius 1 is 1.16 bits per heavy atom. The molecule has 2 N–H and O–H groups in total. The number of hydrogen-bond donors (Lipinski definition) is 2. The van der Waals surface area contributed by atoms with Crippen molar-refractivity contribution >= 4 is 17.7 Å². The lowest BCUT2D eigenvalue weighted by Gasteiger charge is -2.16. The third kappa shape index (κ3) is 4.13. The van der Waals surface area contributed by atoms with Gasteiger partial charge in [-0.1, -0.05) is 29.8 Å². The van der Waals surface area contributed by atoms with Crippen molar-refractivity contribution in [1.29, 1.82) is 0 Å². The van der Waals surface area contributed by atoms with E-state index in [1.54, 1.807) is 31.3 Å². The summed E-state index contributed by atoms with van der Waals surface area (Å²) < 4.78 is 6.02. The molecule has 132 valence electrons. The zero-order chi connectivity index (χ0) is 18.6. The normalized spacial score (nSPS) is 11.8. The van der Waals surface area contributed by atoms with E-state index in [9.17, 15) is 19.5 Å². The maximum absolute atomic E-state index is 12.6. The molecule has 0 aliphatic carbocycles. The van der Waals surface area contributed by atoms with Gasteiger partial charge in [-0.3, -0.25) is 19.7 Å². The van der Waals surface area contributed by atoms with Crippen LogP contribution < -0.4 is 5.32 Å². The molecule has 7 nitrogen and oxygen atoms in total. The smallest absolute Gasteiger partial charge is 0.326 e. The third-order valence-electron chi connectivity index (χ3n) is 3.93. The Bertz CT molecular complexity index is 792. The number of benzene rings is 1. The molecule has 0 bridgehead atoms. The first-order chi connectivity index (χ1) is 11.8. The lowest BCUT2D eigenvalue weighted by molar-refractivity contribution is -0.142. The number of ketones is 1. The zero-order valence-corrected chi connectivity index (χ0v) is 14.3. The van der Waals surface area contributed by atoms with Crippen LogP contribution in [0, 0.1) is 6.92 Å². The number of hydrogen-bond acceptors (Lipinski definition) is 5. The molecular formula is C18H20N2O5. The van der Waals surface area contributed by atoms with E-state index in [1.807, 2.05) is 19.1 Å². The molecule has 0 amide bonds. The van der Waals surface area contributed by atoms with Crippen molar-refractivity contribution in [3.05, 3.63) is 58.9 Å². The van der Waals surface area contributed by atoms with E-state index in [1.165, 1.54) is 11.7 Å². The van der Waals surface area contributed by atoms with Crippen molar-refractivity contribution in [2.75, 3.05) is 13.7 Å². The number of aryl methyl sites for hydroxylation is 1. The van der Waals surface area contributed by atoms with Gasteiger partial charge in [0.25, 0.3) is 0 Å². The maximum Gasteiger partial charge on any atom is 0.326 e. The number of carboxylic acid groups (broad SMARTS) is 1. The Balaban J connectivity index is 2.28. The van der Waals surface area contributed by atoms with E-state index in [-0.39, 0.29) is 12.3 Å². The second-order valence-corrected chi connectivity index (χ2v) is 5.63. The van der Waals surface area contributed by atoms with Crippen molar-refractivity contribution in [1.82, 2.24) is 9.88 Å². The van der Waals surface area contributed by atoms with Crippen LogP contribution in [-0.4, -0.2) is 41.1 Å². The predicted molar refractivity (Wildman–Crippen MR) is 90.4 cm³/mol. The Morgan fingerprint density at radius 3 is 2.36 bits per heavy atom. The summed E-state index contributed by atoms with van der Waals surface area (Å²) >= 11 is 0. The average molecular weight is 344 g/mol. The van der Waals surface area contributed by atoms with Crippen molar-refractivity contribution < 1.29 is 24.2 Å². The highest BCUT2D eigenvalue weighted by molar-refractivity contribution is 6.08. The van der Waals surface area contributed by atoms with E-state index < -0.39 is 18.0 Å². The molecule has 0 saturated heterocycles. The number of rotatable bonds is 7. The van der Waals surface area contributed by atoms with Crippen LogP contribution in [-0.2, 0) is 21.4 Å². The molecule has 1 aromatic heterocycles. The van der Waals surface area contributed by atoms with Crippen LogP contribution in [0.3, 0.4) is 0 Å². The number of aliphatic carboxylic acids is 1. The van der Waals surface area contributed by atoms with E-state index in [2.05, 4.69) is 10.1 Å². The first-order valence-corrected chi connectivity index (χ1v) is 7.65. The molecular weight excluding hydrogens is 324 g/mol. The molecule has 1 heterocycles. The summed E-state index contributed by atoms with van der Waals surface area (Å²) in [5.41, 5.74) is 2.30. The van der Waals surface area contributed by atoms with Crippen molar-refractivity contribution in [2.45, 2.75) is 13.0 Å². The molecule has 0 fully saturated rings. The predicted octanol–water partition coefficient (Wildman–Crippen LogP) is 1.45. The quantitative estimate of drug-likeness (QED) is 0.583. The van der Waals surface area contributed by atoms with Gasteiger partial charge in [0.1, 0.15) is 6.04 Å². The fraction of sp³-hybridized carbons (Fsp3) is 0.278. The molecule has 0 radical (unpaired) electrons. The summed E-state index contributed by atoms with van der Waals surface area (Å²) in [4.78, 5) is 35.4. The summed E-state index contributed by atoms with van der Waals surface area (Å²) in [6.07, 6.45) is 0. The van der Waals surface area contributed by atoms with Gasteiger partial charge in [-0.15, -0.1) is 0 Å². The van der Waals surface area contributed by atoms with E-state index >= 15 is 0 Å². The maximum atomic E-state index is 12.6. The number of nitrogens with zero attached hydrogens (tertiary/aromatic N) is 1. The minimum absolute atomic E-state index is 0.203. The monoisotopic (exact) mass is 344 g/mol. The highest BCUT2D eigenvalue weighted by atomic mass is 16.5. The molecule has 0 spiro atoms. The Kier molecular flexibility index (Phi) is 5.71. The number of nitrogens with one attached hydrogen (secondary N) is 1. The number of carbonyl (C=O) groups excluding carboxylic acids is 2. The molecule has 0 saturated carbocycles. The summed E-state index contributed by atoms with van der Waals surface area (Å²) in [6, 6.07) is 9.15. The number of carboxylic acids is 1. The minimum Gasteiger partial charge on any atom is -0.480 e. The topological polar surface area (TPSA) is 97.6 Å². The van der Waals surface area contributed by atoms with Gasteiger partial charge < -0.3 is 14.4 Å². The third-order valence-corrected chi connectivity index (χ3v) is 3.93. The molecule has 25 heavy (non-hydrogen) atoms. The van der Waals surface area contributed by atoms with Gasteiger partial charge in [-0.25, -0.2) is 0 Å². The molecule has 2 rings (SSSR count). The van der Waals surface area contributed by atoms with Crippen LogP contribution >= 0.6 is 0 Å². The Labute approximate surface area is 145 Å². The van der Waals surface area contributed by atoms with Crippen LogP contribution in [0.2, 0.25) is 0 Å². The van der Waals surface area contributed by atoms with Gasteiger partial charge in [0, 0.05) is 18.3 Å². The van der Waals surface area contributed by atoms with Crippen LogP contribution in [0.15, 0.2) is 36.4 Å². The van der Waals surface area contributed by atoms with Crippen LogP contribution in [0.25, 0.3) is 0 Å². The van der Waals surface area contributed by atoms with Gasteiger partial charge in [-0.05, 0) is 19.1 Å². The largest absolute Gasteiger partial charge is 0.480 e. The lowest BCUT2D eigenvalue weighted by Crippen LogP contribution is -2.34. The van der Waals surface area contributed by atoms with Crippen LogP contribution in [0.4, 0.5) is 0 Å². The molecule has 7 heteroatoms. The van der Waals surface area contributed by atoms with Gasteiger partial charge in [-0.2, -0.15) is 0 Å². The van der Waals surface area contributed by atoms with Crippen LogP contribution in [0.5, 0.6) is 0 Å². The summed E-state index contributed by atoms with van der Waals surface area (Å²) in [6.45, 7) is 1.68. The van der Waals surface area contributed by atoms with E-state index in [0.29, 0.717) is 17.0 Å². The molecule has 1 aromatic carbocycles. The number of carbonyl (C=O) groups is 3. The Morgan fingerprint density at radius 2 is 1.80 bits per heavy atom. The fourth-order valence-corrected chi connectivity index (χ4v) is 2.47. The average Bonchev–Trinajstić information content (AvgIpc) is 2.96. The van der Waals surface area contributed by atoms with Gasteiger partial charge >= 0.3 is 11.9 Å². The molecule has 2 aromatic rings. The summed E-state index contributed by atoms with van der Waals surface area (Å²) in [7, 11) is 2.84. The second-order valence-electron chi connectivity index (χ2n) is 5.63. The first-order valence-electron chi connectivity index (χ1n) is 7.65. The van der Waals surface area contributed by atoms with Crippen molar-refractivity contribution in [3.8, 4) is 0 Å². The minimum atomic E-state index is -1.15. The molecule has 0 aliphatic heterocycles. The Hall–Kier alpha value is -2.93. The molecule has 1 atom stereocenters. The fourth-order valence-electron chi connectivity index (χ4n) is 2.47. The standard InChI is InChI=1S/C18H20N2O5/c1-11-4-6-12(7-5-11)17(22)14-9-8-13(20(14)2)16(18(23)24)19-10-15(21)25-3/h4-9,16,19H,10H2,1-3H3,(H,23,24). The number of ether oxygens (including phenoxy) is 1. The van der Waals surface area contributed by atoms with E-state index in [0.717, 1.165) is 5.56 Å². The SMILES string of the molecule is COC(=O)CNC(C(=O)O)c1ccc(C(=O)c2ccc(C)cc2)n1C. The first kappa shape index (κ1) is 18.4. The van der Waals surface area contributed by atoms with Crippen LogP contribution in [0.1, 0.15) is 33.4 Å². The van der Waals surface area contributed by atoms with Crippen molar-refractivity contribution in [3.63, 3.8) is 0 Å².